The number of hydrogen-bond donors (Lipinski definition) is 3. The topological polar surface area (TPSA) is 96.7 Å². The Kier molecular flexibility index (Phi) is 5.39. The Balaban J connectivity index is 1.68. The molecule has 1 heterocycles. The maximum atomic E-state index is 11.9. The molecular weight excluding hydrogens is 272 g/mol. The molecule has 0 aromatic heterocycles. The van der Waals surface area contributed by atoms with Crippen LogP contribution in [-0.2, 0) is 9.53 Å². The van der Waals surface area contributed by atoms with E-state index in [9.17, 15) is 9.59 Å². The minimum absolute atomic E-state index is 0.0301. The zero-order valence-corrected chi connectivity index (χ0v) is 11.8. The van der Waals surface area contributed by atoms with Gasteiger partial charge in [0.1, 0.15) is 0 Å². The molecule has 1 fully saturated rings. The van der Waals surface area contributed by atoms with Crippen molar-refractivity contribution in [1.29, 1.82) is 0 Å². The van der Waals surface area contributed by atoms with Crippen molar-refractivity contribution >= 4 is 23.3 Å². The standard InChI is InChI=1S/C14H20N4O3/c15-11-2-1-3-12(10-11)17-14(20)16-5-4-13(19)18-6-8-21-9-7-18/h1-3,10H,4-9,15H2,(H2,16,17,20). The highest BCUT2D eigenvalue weighted by molar-refractivity contribution is 5.90. The number of nitrogen functional groups attached to an aromatic ring is 1. The Bertz CT molecular complexity index is 501. The second kappa shape index (κ2) is 7.49. The quantitative estimate of drug-likeness (QED) is 0.709. The van der Waals surface area contributed by atoms with Crippen LogP contribution in [0.4, 0.5) is 16.2 Å². The summed E-state index contributed by atoms with van der Waals surface area (Å²) in [6.45, 7) is 2.69. The molecule has 4 N–H and O–H groups in total. The molecule has 0 spiro atoms. The highest BCUT2D eigenvalue weighted by atomic mass is 16.5. The zero-order chi connectivity index (χ0) is 15.1. The van der Waals surface area contributed by atoms with Crippen LogP contribution < -0.4 is 16.4 Å². The third kappa shape index (κ3) is 4.96. The fourth-order valence-electron chi connectivity index (χ4n) is 2.05. The summed E-state index contributed by atoms with van der Waals surface area (Å²) in [6, 6.07) is 6.56. The van der Waals surface area contributed by atoms with Gasteiger partial charge < -0.3 is 26.0 Å². The number of benzene rings is 1. The molecule has 0 unspecified atom stereocenters. The predicted octanol–water partition coefficient (Wildman–Crippen LogP) is 0.639. The van der Waals surface area contributed by atoms with Crippen LogP contribution >= 0.6 is 0 Å². The number of ether oxygens (including phenoxy) is 1. The van der Waals surface area contributed by atoms with Gasteiger partial charge in [0.25, 0.3) is 0 Å². The molecule has 0 bridgehead atoms. The van der Waals surface area contributed by atoms with Gasteiger partial charge in [-0.3, -0.25) is 4.79 Å². The van der Waals surface area contributed by atoms with Gasteiger partial charge in [0.2, 0.25) is 5.91 Å². The summed E-state index contributed by atoms with van der Waals surface area (Å²) < 4.78 is 5.18. The van der Waals surface area contributed by atoms with Crippen molar-refractivity contribution in [3.63, 3.8) is 0 Å². The Morgan fingerprint density at radius 3 is 2.76 bits per heavy atom. The van der Waals surface area contributed by atoms with Crippen molar-refractivity contribution in [3.05, 3.63) is 24.3 Å². The Labute approximate surface area is 123 Å². The van der Waals surface area contributed by atoms with E-state index in [1.54, 1.807) is 29.2 Å². The zero-order valence-electron chi connectivity index (χ0n) is 11.8. The van der Waals surface area contributed by atoms with Crippen molar-refractivity contribution in [1.82, 2.24) is 10.2 Å². The molecule has 1 aromatic rings. The van der Waals surface area contributed by atoms with E-state index in [4.69, 9.17) is 10.5 Å². The van der Waals surface area contributed by atoms with Gasteiger partial charge in [0.05, 0.1) is 13.2 Å². The highest BCUT2D eigenvalue weighted by Crippen LogP contribution is 2.11. The van der Waals surface area contributed by atoms with Crippen LogP contribution in [0.3, 0.4) is 0 Å². The van der Waals surface area contributed by atoms with E-state index >= 15 is 0 Å². The lowest BCUT2D eigenvalue weighted by molar-refractivity contribution is -0.135. The maximum Gasteiger partial charge on any atom is 0.319 e. The number of nitrogens with one attached hydrogen (secondary N) is 2. The van der Waals surface area contributed by atoms with Gasteiger partial charge in [-0.25, -0.2) is 4.79 Å². The molecule has 0 radical (unpaired) electrons. The number of rotatable bonds is 4. The number of nitrogens with zero attached hydrogens (tertiary/aromatic N) is 1. The maximum absolute atomic E-state index is 11.9. The molecule has 0 atom stereocenters. The summed E-state index contributed by atoms with van der Waals surface area (Å²) >= 11 is 0. The molecule has 1 aromatic carbocycles. The van der Waals surface area contributed by atoms with E-state index in [0.717, 1.165) is 0 Å². The monoisotopic (exact) mass is 292 g/mol. The first kappa shape index (κ1) is 15.1. The second-order valence-corrected chi connectivity index (χ2v) is 4.75. The van der Waals surface area contributed by atoms with Gasteiger partial charge >= 0.3 is 6.03 Å². The molecule has 1 saturated heterocycles. The van der Waals surface area contributed by atoms with E-state index in [0.29, 0.717) is 44.2 Å². The van der Waals surface area contributed by atoms with E-state index < -0.39 is 0 Å². The number of carbonyl (C=O) groups is 2. The predicted molar refractivity (Wildman–Crippen MR) is 79.9 cm³/mol. The first-order valence-corrected chi connectivity index (χ1v) is 6.91. The number of morpholine rings is 1. The van der Waals surface area contributed by atoms with Gasteiger partial charge in [0, 0.05) is 37.4 Å². The van der Waals surface area contributed by atoms with Crippen LogP contribution in [0.2, 0.25) is 0 Å². The molecular formula is C14H20N4O3. The average Bonchev–Trinajstić information content (AvgIpc) is 2.48. The SMILES string of the molecule is Nc1cccc(NC(=O)NCCC(=O)N2CCOCC2)c1. The summed E-state index contributed by atoms with van der Waals surface area (Å²) in [5, 5.41) is 5.31. The van der Waals surface area contributed by atoms with Gasteiger partial charge in [-0.15, -0.1) is 0 Å². The van der Waals surface area contributed by atoms with Crippen LogP contribution in [0.5, 0.6) is 0 Å². The number of hydrogen-bond acceptors (Lipinski definition) is 4. The first-order valence-electron chi connectivity index (χ1n) is 6.91. The molecule has 21 heavy (non-hydrogen) atoms. The number of anilines is 2. The number of urea groups is 1. The molecule has 114 valence electrons. The van der Waals surface area contributed by atoms with Crippen LogP contribution in [0.1, 0.15) is 6.42 Å². The number of nitrogens with two attached hydrogens (primary N) is 1. The minimum atomic E-state index is -0.352. The third-order valence-corrected chi connectivity index (χ3v) is 3.13. The lowest BCUT2D eigenvalue weighted by Crippen LogP contribution is -2.42. The first-order chi connectivity index (χ1) is 10.1. The van der Waals surface area contributed by atoms with Crippen molar-refractivity contribution in [2.45, 2.75) is 6.42 Å². The van der Waals surface area contributed by atoms with Crippen LogP contribution in [0, 0.1) is 0 Å². The molecule has 7 heteroatoms. The summed E-state index contributed by atoms with van der Waals surface area (Å²) in [6.07, 6.45) is 0.282. The molecule has 2 rings (SSSR count). The molecule has 0 saturated carbocycles. The van der Waals surface area contributed by atoms with Crippen molar-refractivity contribution in [2.75, 3.05) is 43.9 Å². The smallest absolute Gasteiger partial charge is 0.319 e. The molecule has 1 aliphatic heterocycles. The fourth-order valence-corrected chi connectivity index (χ4v) is 2.05. The Hall–Kier alpha value is -2.28. The summed E-state index contributed by atoms with van der Waals surface area (Å²) in [4.78, 5) is 25.3. The van der Waals surface area contributed by atoms with Gasteiger partial charge in [0.15, 0.2) is 0 Å². The van der Waals surface area contributed by atoms with Gasteiger partial charge in [-0.2, -0.15) is 0 Å². The largest absolute Gasteiger partial charge is 0.399 e. The van der Waals surface area contributed by atoms with E-state index in [-0.39, 0.29) is 18.4 Å². The molecule has 1 aliphatic rings. The van der Waals surface area contributed by atoms with Crippen LogP contribution in [-0.4, -0.2) is 49.7 Å². The molecule has 7 nitrogen and oxygen atoms in total. The van der Waals surface area contributed by atoms with E-state index in [2.05, 4.69) is 10.6 Å². The lowest BCUT2D eigenvalue weighted by atomic mass is 10.3. The van der Waals surface area contributed by atoms with Gasteiger partial charge in [-0.1, -0.05) is 6.07 Å². The summed E-state index contributed by atoms with van der Waals surface area (Å²) in [5.41, 5.74) is 6.82. The van der Waals surface area contributed by atoms with Crippen LogP contribution in [0.15, 0.2) is 24.3 Å². The minimum Gasteiger partial charge on any atom is -0.399 e. The number of amides is 3. The summed E-state index contributed by atoms with van der Waals surface area (Å²) in [7, 11) is 0. The summed E-state index contributed by atoms with van der Waals surface area (Å²) in [5.74, 6) is 0.0301. The number of carbonyl (C=O) groups excluding carboxylic acids is 2. The average molecular weight is 292 g/mol. The van der Waals surface area contributed by atoms with Crippen LogP contribution in [0.25, 0.3) is 0 Å². The lowest BCUT2D eigenvalue weighted by Gasteiger charge is -2.26. The van der Waals surface area contributed by atoms with Gasteiger partial charge in [-0.05, 0) is 18.2 Å². The normalized spacial score (nSPS) is 14.6. The molecule has 0 aliphatic carbocycles. The highest BCUT2D eigenvalue weighted by Gasteiger charge is 2.16. The Morgan fingerprint density at radius 1 is 1.29 bits per heavy atom. The van der Waals surface area contributed by atoms with Crippen molar-refractivity contribution < 1.29 is 14.3 Å². The second-order valence-electron chi connectivity index (χ2n) is 4.75. The Morgan fingerprint density at radius 2 is 2.05 bits per heavy atom. The third-order valence-electron chi connectivity index (χ3n) is 3.13. The van der Waals surface area contributed by atoms with Crippen molar-refractivity contribution in [3.8, 4) is 0 Å². The fraction of sp³-hybridized carbons (Fsp3) is 0.429. The van der Waals surface area contributed by atoms with Crippen molar-refractivity contribution in [2.24, 2.45) is 0 Å². The van der Waals surface area contributed by atoms with E-state index in [1.807, 2.05) is 0 Å². The van der Waals surface area contributed by atoms with E-state index in [1.165, 1.54) is 0 Å². The molecule has 3 amide bonds.